The van der Waals surface area contributed by atoms with E-state index in [4.69, 9.17) is 9.97 Å². The van der Waals surface area contributed by atoms with E-state index in [2.05, 4.69) is 152 Å². The van der Waals surface area contributed by atoms with Gasteiger partial charge in [0.05, 0.1) is 16.3 Å². The third-order valence-electron chi connectivity index (χ3n) is 8.68. The van der Waals surface area contributed by atoms with Gasteiger partial charge in [0.25, 0.3) is 0 Å². The van der Waals surface area contributed by atoms with Gasteiger partial charge in [0.2, 0.25) is 0 Å². The molecule has 45 heavy (non-hydrogen) atoms. The summed E-state index contributed by atoms with van der Waals surface area (Å²) in [5.74, 6) is 0.726. The van der Waals surface area contributed by atoms with Crippen molar-refractivity contribution < 1.29 is 0 Å². The second-order valence-corrected chi connectivity index (χ2v) is 12.5. The Morgan fingerprint density at radius 1 is 0.378 bits per heavy atom. The van der Waals surface area contributed by atoms with Gasteiger partial charge in [-0.2, -0.15) is 0 Å². The maximum Gasteiger partial charge on any atom is 0.160 e. The van der Waals surface area contributed by atoms with Crippen molar-refractivity contribution in [1.29, 1.82) is 0 Å². The number of aromatic nitrogens is 2. The van der Waals surface area contributed by atoms with Gasteiger partial charge >= 0.3 is 0 Å². The van der Waals surface area contributed by atoms with Crippen LogP contribution in [0.5, 0.6) is 0 Å². The van der Waals surface area contributed by atoms with Crippen molar-refractivity contribution in [3.63, 3.8) is 0 Å². The highest BCUT2D eigenvalue weighted by atomic mass is 32.1. The van der Waals surface area contributed by atoms with Crippen LogP contribution in [0, 0.1) is 0 Å². The minimum Gasteiger partial charge on any atom is -0.228 e. The first-order valence-electron chi connectivity index (χ1n) is 15.2. The molecule has 7 aromatic carbocycles. The first kappa shape index (κ1) is 25.8. The minimum absolute atomic E-state index is 0.726. The topological polar surface area (TPSA) is 25.8 Å². The maximum atomic E-state index is 5.13. The number of rotatable bonds is 4. The second-order valence-electron chi connectivity index (χ2n) is 11.4. The fraction of sp³-hybridized carbons (Fsp3) is 0. The first-order chi connectivity index (χ1) is 22.3. The van der Waals surface area contributed by atoms with Crippen molar-refractivity contribution in [2.75, 3.05) is 0 Å². The highest BCUT2D eigenvalue weighted by Gasteiger charge is 2.15. The third kappa shape index (κ3) is 4.48. The third-order valence-corrected chi connectivity index (χ3v) is 9.81. The van der Waals surface area contributed by atoms with E-state index in [1.807, 2.05) is 6.07 Å². The monoisotopic (exact) mass is 590 g/mol. The average Bonchev–Trinajstić information content (AvgIpc) is 3.56. The van der Waals surface area contributed by atoms with Crippen LogP contribution in [0.15, 0.2) is 158 Å². The summed E-state index contributed by atoms with van der Waals surface area (Å²) in [5, 5.41) is 8.80. The zero-order valence-corrected chi connectivity index (χ0v) is 25.1. The van der Waals surface area contributed by atoms with E-state index >= 15 is 0 Å². The van der Waals surface area contributed by atoms with E-state index in [-0.39, 0.29) is 0 Å². The number of fused-ring (bicyclic) bond motifs is 5. The van der Waals surface area contributed by atoms with Crippen LogP contribution in [-0.2, 0) is 0 Å². The van der Waals surface area contributed by atoms with Gasteiger partial charge in [-0.25, -0.2) is 9.97 Å². The van der Waals surface area contributed by atoms with Gasteiger partial charge in [-0.1, -0.05) is 133 Å². The number of nitrogens with zero attached hydrogens (tertiary/aromatic N) is 2. The van der Waals surface area contributed by atoms with Crippen LogP contribution < -0.4 is 0 Å². The van der Waals surface area contributed by atoms with Crippen molar-refractivity contribution >= 4 is 53.7 Å². The van der Waals surface area contributed by atoms with Crippen LogP contribution in [0.4, 0.5) is 0 Å². The number of hydrogen-bond donors (Lipinski definition) is 0. The van der Waals surface area contributed by atoms with Gasteiger partial charge in [-0.15, -0.1) is 11.3 Å². The van der Waals surface area contributed by atoms with Crippen molar-refractivity contribution in [3.8, 4) is 44.3 Å². The Balaban J connectivity index is 1.21. The molecule has 0 atom stereocenters. The number of benzene rings is 7. The average molecular weight is 591 g/mol. The Morgan fingerprint density at radius 2 is 1.04 bits per heavy atom. The van der Waals surface area contributed by atoms with Crippen LogP contribution >= 0.6 is 11.3 Å². The second kappa shape index (κ2) is 10.5. The highest BCUT2D eigenvalue weighted by Crippen LogP contribution is 2.40. The lowest BCUT2D eigenvalue weighted by atomic mass is 9.89. The van der Waals surface area contributed by atoms with Crippen molar-refractivity contribution in [2.24, 2.45) is 0 Å². The van der Waals surface area contributed by atoms with E-state index in [0.717, 1.165) is 33.2 Å². The van der Waals surface area contributed by atoms with Crippen LogP contribution in [0.3, 0.4) is 0 Å². The number of thiophene rings is 1. The first-order valence-corrected chi connectivity index (χ1v) is 16.0. The van der Waals surface area contributed by atoms with Crippen LogP contribution in [-0.4, -0.2) is 9.97 Å². The maximum absolute atomic E-state index is 5.13. The summed E-state index contributed by atoms with van der Waals surface area (Å²) in [6.07, 6.45) is 0. The molecule has 0 amide bonds. The summed E-state index contributed by atoms with van der Waals surface area (Å²) in [6.45, 7) is 0. The Kier molecular flexibility index (Phi) is 6.03. The standard InChI is InChI=1S/C42H26N2S/c1-2-11-28(12-3-1)37-26-38(40-25-32-14-6-9-17-39(32)45-40)44-42(43-37)30-20-18-29(19-21-30)41-34-16-8-5-13-31(34)24-36-33-15-7-4-10-27(33)22-23-35(36)41/h1-26H. The molecule has 9 aromatic rings. The molecule has 0 fully saturated rings. The molecular formula is C42H26N2S. The molecule has 2 nitrogen and oxygen atoms in total. The summed E-state index contributed by atoms with van der Waals surface area (Å²) in [4.78, 5) is 11.4. The molecule has 2 aromatic heterocycles. The minimum atomic E-state index is 0.726. The quantitative estimate of drug-likeness (QED) is 0.150. The Morgan fingerprint density at radius 3 is 1.87 bits per heavy atom. The van der Waals surface area contributed by atoms with E-state index in [1.54, 1.807) is 11.3 Å². The molecule has 0 bridgehead atoms. The molecule has 0 saturated carbocycles. The normalized spacial score (nSPS) is 11.6. The molecule has 0 aliphatic rings. The molecule has 210 valence electrons. The Labute approximate surface area is 264 Å². The summed E-state index contributed by atoms with van der Waals surface area (Å²) >= 11 is 1.77. The zero-order valence-electron chi connectivity index (χ0n) is 24.3. The fourth-order valence-electron chi connectivity index (χ4n) is 6.48. The molecule has 0 saturated heterocycles. The molecule has 3 heteroatoms. The molecule has 9 rings (SSSR count). The van der Waals surface area contributed by atoms with Crippen LogP contribution in [0.25, 0.3) is 86.7 Å². The molecule has 0 N–H and O–H groups in total. The molecule has 0 radical (unpaired) electrons. The SMILES string of the molecule is c1ccc(-c2cc(-c3cc4ccccc4s3)nc(-c3ccc(-c4c5ccccc5cc5c4ccc4ccccc45)cc3)n2)cc1. The predicted molar refractivity (Wildman–Crippen MR) is 192 cm³/mol. The largest absolute Gasteiger partial charge is 0.228 e. The lowest BCUT2D eigenvalue weighted by Gasteiger charge is -2.14. The highest BCUT2D eigenvalue weighted by molar-refractivity contribution is 7.22. The molecule has 0 aliphatic heterocycles. The van der Waals surface area contributed by atoms with Crippen LogP contribution in [0.2, 0.25) is 0 Å². The van der Waals surface area contributed by atoms with Gasteiger partial charge < -0.3 is 0 Å². The molecule has 0 unspecified atom stereocenters. The smallest absolute Gasteiger partial charge is 0.160 e. The van der Waals surface area contributed by atoms with E-state index in [9.17, 15) is 0 Å². The van der Waals surface area contributed by atoms with Crippen molar-refractivity contribution in [3.05, 3.63) is 158 Å². The molecule has 2 heterocycles. The number of hydrogen-bond acceptors (Lipinski definition) is 3. The molecule has 0 spiro atoms. The molecule has 0 aliphatic carbocycles. The van der Waals surface area contributed by atoms with Gasteiger partial charge in [0, 0.05) is 15.8 Å². The zero-order chi connectivity index (χ0) is 29.7. The summed E-state index contributed by atoms with van der Waals surface area (Å²) in [7, 11) is 0. The molecular weight excluding hydrogens is 565 g/mol. The Hall–Kier alpha value is -5.64. The Bertz CT molecular complexity index is 2500. The van der Waals surface area contributed by atoms with Gasteiger partial charge in [-0.3, -0.25) is 0 Å². The lowest BCUT2D eigenvalue weighted by molar-refractivity contribution is 1.19. The fourth-order valence-corrected chi connectivity index (χ4v) is 7.51. The van der Waals surface area contributed by atoms with Gasteiger partial charge in [0.1, 0.15) is 0 Å². The van der Waals surface area contributed by atoms with Crippen molar-refractivity contribution in [2.45, 2.75) is 0 Å². The van der Waals surface area contributed by atoms with E-state index < -0.39 is 0 Å². The summed E-state index contributed by atoms with van der Waals surface area (Å²) in [5.41, 5.74) is 6.37. The van der Waals surface area contributed by atoms with Gasteiger partial charge in [0.15, 0.2) is 5.82 Å². The lowest BCUT2D eigenvalue weighted by Crippen LogP contribution is -1.95. The van der Waals surface area contributed by atoms with Gasteiger partial charge in [-0.05, 0) is 73.1 Å². The van der Waals surface area contributed by atoms with Crippen LogP contribution in [0.1, 0.15) is 0 Å². The summed E-state index contributed by atoms with van der Waals surface area (Å²) < 4.78 is 1.26. The predicted octanol–water partition coefficient (Wildman–Crippen LogP) is 11.8. The van der Waals surface area contributed by atoms with Crippen molar-refractivity contribution in [1.82, 2.24) is 9.97 Å². The van der Waals surface area contributed by atoms with E-state index in [0.29, 0.717) is 0 Å². The summed E-state index contributed by atoms with van der Waals surface area (Å²) in [6, 6.07) is 56.2. The van der Waals surface area contributed by atoms with E-state index in [1.165, 1.54) is 53.5 Å².